The van der Waals surface area contributed by atoms with Gasteiger partial charge >= 0.3 is 0 Å². The lowest BCUT2D eigenvalue weighted by molar-refractivity contribution is -0.130. The average Bonchev–Trinajstić information content (AvgIpc) is 3.20. The van der Waals surface area contributed by atoms with Crippen LogP contribution in [0.4, 0.5) is 0 Å². The molecule has 96 valence electrons. The molecule has 1 aliphatic heterocycles. The first-order valence-electron chi connectivity index (χ1n) is 7.18. The summed E-state index contributed by atoms with van der Waals surface area (Å²) in [6.45, 7) is 6.14. The molecule has 1 amide bonds. The number of nitrogens with zero attached hydrogens (tertiary/aromatic N) is 1. The maximum atomic E-state index is 12.3. The molecule has 3 heteroatoms. The van der Waals surface area contributed by atoms with Gasteiger partial charge in [-0.05, 0) is 42.9 Å². The van der Waals surface area contributed by atoms with Gasteiger partial charge in [0, 0.05) is 6.54 Å². The SMILES string of the molecule is CCC(C)C1NCN(CC2(C3CC3)CC2)C1=O. The number of hydrogen-bond donors (Lipinski definition) is 1. The molecule has 2 unspecified atom stereocenters. The molecule has 1 saturated heterocycles. The van der Waals surface area contributed by atoms with Crippen LogP contribution in [-0.2, 0) is 4.79 Å². The molecule has 2 saturated carbocycles. The molecule has 0 aromatic carbocycles. The molecule has 3 rings (SSSR count). The zero-order valence-corrected chi connectivity index (χ0v) is 11.0. The van der Waals surface area contributed by atoms with Crippen LogP contribution in [-0.4, -0.2) is 30.1 Å². The predicted molar refractivity (Wildman–Crippen MR) is 67.3 cm³/mol. The normalized spacial score (nSPS) is 32.9. The minimum absolute atomic E-state index is 0.0787. The first kappa shape index (κ1) is 11.5. The number of rotatable bonds is 5. The van der Waals surface area contributed by atoms with Crippen molar-refractivity contribution in [3.05, 3.63) is 0 Å². The van der Waals surface area contributed by atoms with Crippen molar-refractivity contribution >= 4 is 5.91 Å². The summed E-state index contributed by atoms with van der Waals surface area (Å²) in [6, 6.07) is 0.0787. The molecule has 3 nitrogen and oxygen atoms in total. The lowest BCUT2D eigenvalue weighted by atomic mass is 9.97. The predicted octanol–water partition coefficient (Wildman–Crippen LogP) is 1.98. The van der Waals surface area contributed by atoms with Crippen LogP contribution in [0.3, 0.4) is 0 Å². The van der Waals surface area contributed by atoms with Gasteiger partial charge in [0.2, 0.25) is 5.91 Å². The largest absolute Gasteiger partial charge is 0.328 e. The summed E-state index contributed by atoms with van der Waals surface area (Å²) < 4.78 is 0. The third kappa shape index (κ3) is 1.99. The topological polar surface area (TPSA) is 32.3 Å². The Hall–Kier alpha value is -0.570. The molecule has 0 spiro atoms. The van der Waals surface area contributed by atoms with Crippen molar-refractivity contribution in [2.45, 2.75) is 52.0 Å². The standard InChI is InChI=1S/C14H24N2O/c1-3-10(2)12-13(17)16(9-15-12)8-14(6-7-14)11-4-5-11/h10-12,15H,3-9H2,1-2H3. The van der Waals surface area contributed by atoms with Gasteiger partial charge in [-0.3, -0.25) is 10.1 Å². The third-order valence-electron chi connectivity index (χ3n) is 5.13. The zero-order valence-electron chi connectivity index (χ0n) is 11.0. The highest BCUT2D eigenvalue weighted by atomic mass is 16.2. The van der Waals surface area contributed by atoms with Gasteiger partial charge in [-0.2, -0.15) is 0 Å². The van der Waals surface area contributed by atoms with E-state index < -0.39 is 0 Å². The lowest BCUT2D eigenvalue weighted by Gasteiger charge is -2.23. The highest BCUT2D eigenvalue weighted by Crippen LogP contribution is 2.61. The summed E-state index contributed by atoms with van der Waals surface area (Å²) in [4.78, 5) is 14.4. The van der Waals surface area contributed by atoms with E-state index in [4.69, 9.17) is 0 Å². The van der Waals surface area contributed by atoms with Crippen LogP contribution < -0.4 is 5.32 Å². The second-order valence-corrected chi connectivity index (χ2v) is 6.40. The minimum Gasteiger partial charge on any atom is -0.328 e. The number of carbonyl (C=O) groups excluding carboxylic acids is 1. The fraction of sp³-hybridized carbons (Fsp3) is 0.929. The maximum Gasteiger partial charge on any atom is 0.241 e. The van der Waals surface area contributed by atoms with E-state index in [1.54, 1.807) is 0 Å². The van der Waals surface area contributed by atoms with Crippen LogP contribution in [0.5, 0.6) is 0 Å². The van der Waals surface area contributed by atoms with E-state index in [0.717, 1.165) is 25.6 Å². The summed E-state index contributed by atoms with van der Waals surface area (Å²) in [5, 5.41) is 3.39. The molecule has 0 bridgehead atoms. The second kappa shape index (κ2) is 3.98. The first-order valence-corrected chi connectivity index (χ1v) is 7.18. The Morgan fingerprint density at radius 1 is 1.47 bits per heavy atom. The highest BCUT2D eigenvalue weighted by Gasteiger charge is 2.55. The Kier molecular flexibility index (Phi) is 2.69. The number of carbonyl (C=O) groups is 1. The van der Waals surface area contributed by atoms with Gasteiger partial charge in [-0.15, -0.1) is 0 Å². The molecule has 2 atom stereocenters. The first-order chi connectivity index (χ1) is 8.16. The minimum atomic E-state index is 0.0787. The highest BCUT2D eigenvalue weighted by molar-refractivity contribution is 5.84. The van der Waals surface area contributed by atoms with Gasteiger partial charge in [-0.1, -0.05) is 20.3 Å². The van der Waals surface area contributed by atoms with Crippen molar-refractivity contribution in [2.24, 2.45) is 17.3 Å². The van der Waals surface area contributed by atoms with E-state index in [1.807, 2.05) is 0 Å². The maximum absolute atomic E-state index is 12.3. The van der Waals surface area contributed by atoms with Gasteiger partial charge in [-0.25, -0.2) is 0 Å². The Labute approximate surface area is 104 Å². The molecule has 0 radical (unpaired) electrons. The Morgan fingerprint density at radius 2 is 2.18 bits per heavy atom. The Morgan fingerprint density at radius 3 is 2.71 bits per heavy atom. The van der Waals surface area contributed by atoms with Gasteiger partial charge in [0.1, 0.15) is 0 Å². The fourth-order valence-corrected chi connectivity index (χ4v) is 3.32. The molecule has 3 fully saturated rings. The molecule has 2 aliphatic carbocycles. The van der Waals surface area contributed by atoms with Crippen molar-refractivity contribution in [3.63, 3.8) is 0 Å². The molecular formula is C14H24N2O. The van der Waals surface area contributed by atoms with Crippen LogP contribution in [0.1, 0.15) is 46.0 Å². The molecular weight excluding hydrogens is 212 g/mol. The summed E-state index contributed by atoms with van der Waals surface area (Å²) >= 11 is 0. The Balaban J connectivity index is 1.60. The third-order valence-corrected chi connectivity index (χ3v) is 5.13. The van der Waals surface area contributed by atoms with Crippen LogP contribution >= 0.6 is 0 Å². The average molecular weight is 236 g/mol. The summed E-state index contributed by atoms with van der Waals surface area (Å²) in [5.41, 5.74) is 0.543. The van der Waals surface area contributed by atoms with E-state index >= 15 is 0 Å². The van der Waals surface area contributed by atoms with Crippen LogP contribution in [0.25, 0.3) is 0 Å². The second-order valence-electron chi connectivity index (χ2n) is 6.40. The van der Waals surface area contributed by atoms with E-state index in [1.165, 1.54) is 25.7 Å². The van der Waals surface area contributed by atoms with Gasteiger partial charge < -0.3 is 4.90 Å². The quantitative estimate of drug-likeness (QED) is 0.791. The van der Waals surface area contributed by atoms with Crippen molar-refractivity contribution in [1.29, 1.82) is 0 Å². The molecule has 0 aromatic rings. The summed E-state index contributed by atoms with van der Waals surface area (Å²) in [5.74, 6) is 1.76. The van der Waals surface area contributed by atoms with Crippen molar-refractivity contribution in [1.82, 2.24) is 10.2 Å². The van der Waals surface area contributed by atoms with Crippen molar-refractivity contribution < 1.29 is 4.79 Å². The van der Waals surface area contributed by atoms with Crippen LogP contribution in [0, 0.1) is 17.3 Å². The molecule has 3 aliphatic rings. The molecule has 17 heavy (non-hydrogen) atoms. The zero-order chi connectivity index (χ0) is 12.0. The van der Waals surface area contributed by atoms with Gasteiger partial charge in [0.05, 0.1) is 12.7 Å². The number of hydrogen-bond acceptors (Lipinski definition) is 2. The molecule has 1 N–H and O–H groups in total. The molecule has 1 heterocycles. The summed E-state index contributed by atoms with van der Waals surface area (Å²) in [7, 11) is 0. The van der Waals surface area contributed by atoms with Gasteiger partial charge in [0.25, 0.3) is 0 Å². The number of amides is 1. The van der Waals surface area contributed by atoms with Gasteiger partial charge in [0.15, 0.2) is 0 Å². The van der Waals surface area contributed by atoms with E-state index in [0.29, 0.717) is 17.2 Å². The van der Waals surface area contributed by atoms with Crippen molar-refractivity contribution in [3.8, 4) is 0 Å². The lowest BCUT2D eigenvalue weighted by Crippen LogP contribution is -2.37. The number of nitrogens with one attached hydrogen (secondary N) is 1. The van der Waals surface area contributed by atoms with E-state index in [9.17, 15) is 4.79 Å². The van der Waals surface area contributed by atoms with Crippen LogP contribution in [0.2, 0.25) is 0 Å². The fourth-order valence-electron chi connectivity index (χ4n) is 3.32. The summed E-state index contributed by atoms with van der Waals surface area (Å²) in [6.07, 6.45) is 6.60. The molecule has 0 aromatic heterocycles. The Bertz CT molecular complexity index is 320. The smallest absolute Gasteiger partial charge is 0.241 e. The van der Waals surface area contributed by atoms with Crippen LogP contribution in [0.15, 0.2) is 0 Å². The van der Waals surface area contributed by atoms with Crippen molar-refractivity contribution in [2.75, 3.05) is 13.2 Å². The van der Waals surface area contributed by atoms with E-state index in [-0.39, 0.29) is 6.04 Å². The van der Waals surface area contributed by atoms with E-state index in [2.05, 4.69) is 24.1 Å². The monoisotopic (exact) mass is 236 g/mol.